The smallest absolute Gasteiger partial charge is 0.151 e. The van der Waals surface area contributed by atoms with Crippen LogP contribution in [0.3, 0.4) is 0 Å². The summed E-state index contributed by atoms with van der Waals surface area (Å²) in [5.74, 6) is 2.85. The van der Waals surface area contributed by atoms with Crippen LogP contribution in [-0.2, 0) is 19.5 Å². The number of hydrogen-bond donors (Lipinski definition) is 0. The van der Waals surface area contributed by atoms with E-state index in [4.69, 9.17) is 0 Å². The van der Waals surface area contributed by atoms with E-state index < -0.39 is 0 Å². The highest BCUT2D eigenvalue weighted by atomic mass is 19.1. The van der Waals surface area contributed by atoms with Gasteiger partial charge in [-0.05, 0) is 42.8 Å². The number of aromatic nitrogens is 5. The Hall–Kier alpha value is -2.87. The van der Waals surface area contributed by atoms with Crippen LogP contribution in [0.2, 0.25) is 0 Å². The first-order chi connectivity index (χ1) is 13.8. The van der Waals surface area contributed by atoms with E-state index in [1.807, 2.05) is 12.1 Å². The predicted octanol–water partition coefficient (Wildman–Crippen LogP) is 2.14. The molecule has 1 aromatic carbocycles. The van der Waals surface area contributed by atoms with Gasteiger partial charge in [-0.3, -0.25) is 4.90 Å². The number of halogens is 1. The molecule has 0 radical (unpaired) electrons. The van der Waals surface area contributed by atoms with Gasteiger partial charge in [0.2, 0.25) is 0 Å². The van der Waals surface area contributed by atoms with E-state index in [-0.39, 0.29) is 5.82 Å². The topological polar surface area (TPSA) is 63.0 Å². The normalized spacial score (nSPS) is 17.1. The fourth-order valence-electron chi connectivity index (χ4n) is 3.93. The monoisotopic (exact) mass is 379 g/mol. The minimum Gasteiger partial charge on any atom is -0.353 e. The highest BCUT2D eigenvalue weighted by molar-refractivity contribution is 5.59. The molecule has 0 aliphatic carbocycles. The van der Waals surface area contributed by atoms with E-state index in [9.17, 15) is 4.39 Å². The Bertz CT molecular complexity index is 944. The molecule has 0 unspecified atom stereocenters. The van der Waals surface area contributed by atoms with Gasteiger partial charge in [-0.2, -0.15) is 0 Å². The van der Waals surface area contributed by atoms with Crippen LogP contribution in [0, 0.1) is 5.82 Å². The molecule has 0 spiro atoms. The minimum absolute atomic E-state index is 0.248. The number of anilines is 1. The minimum atomic E-state index is -0.248. The number of hydrogen-bond acceptors (Lipinski definition) is 6. The Morgan fingerprint density at radius 1 is 0.821 bits per heavy atom. The summed E-state index contributed by atoms with van der Waals surface area (Å²) in [6, 6.07) is 10.3. The largest absolute Gasteiger partial charge is 0.353 e. The van der Waals surface area contributed by atoms with Crippen LogP contribution in [0.25, 0.3) is 11.3 Å². The van der Waals surface area contributed by atoms with Gasteiger partial charge in [-0.25, -0.2) is 4.39 Å². The second-order valence-corrected chi connectivity index (χ2v) is 7.33. The summed E-state index contributed by atoms with van der Waals surface area (Å²) in [5.41, 5.74) is 1.62. The molecule has 0 bridgehead atoms. The van der Waals surface area contributed by atoms with Crippen molar-refractivity contribution in [2.24, 2.45) is 0 Å². The average molecular weight is 379 g/mol. The highest BCUT2D eigenvalue weighted by Gasteiger charge is 2.23. The lowest BCUT2D eigenvalue weighted by molar-refractivity contribution is 0.240. The van der Waals surface area contributed by atoms with Crippen molar-refractivity contribution < 1.29 is 4.39 Å². The molecule has 0 atom stereocenters. The lowest BCUT2D eigenvalue weighted by Gasteiger charge is -2.34. The van der Waals surface area contributed by atoms with Crippen molar-refractivity contribution in [3.8, 4) is 11.3 Å². The van der Waals surface area contributed by atoms with Gasteiger partial charge in [0.15, 0.2) is 5.82 Å². The van der Waals surface area contributed by atoms with Gasteiger partial charge in [0.05, 0.1) is 12.2 Å². The average Bonchev–Trinajstić information content (AvgIpc) is 3.35. The van der Waals surface area contributed by atoms with E-state index in [0.29, 0.717) is 0 Å². The van der Waals surface area contributed by atoms with Crippen LogP contribution >= 0.6 is 0 Å². The molecule has 2 aliphatic rings. The fraction of sp³-hybridized carbons (Fsp3) is 0.400. The molecule has 4 heterocycles. The Labute approximate surface area is 162 Å². The first kappa shape index (κ1) is 17.2. The van der Waals surface area contributed by atoms with Crippen LogP contribution < -0.4 is 4.90 Å². The molecule has 8 heteroatoms. The van der Waals surface area contributed by atoms with Gasteiger partial charge < -0.3 is 9.47 Å². The summed E-state index contributed by atoms with van der Waals surface area (Å²) in [6.45, 7) is 5.65. The van der Waals surface area contributed by atoms with Crippen molar-refractivity contribution in [1.82, 2.24) is 29.9 Å². The third kappa shape index (κ3) is 3.35. The number of piperazine rings is 1. The Morgan fingerprint density at radius 3 is 2.39 bits per heavy atom. The third-order valence-corrected chi connectivity index (χ3v) is 5.54. The summed E-state index contributed by atoms with van der Waals surface area (Å²) in [6.07, 6.45) is 2.23. The first-order valence-electron chi connectivity index (χ1n) is 9.74. The maximum Gasteiger partial charge on any atom is 0.151 e. The van der Waals surface area contributed by atoms with Gasteiger partial charge in [0.1, 0.15) is 17.5 Å². The highest BCUT2D eigenvalue weighted by Crippen LogP contribution is 2.21. The summed E-state index contributed by atoms with van der Waals surface area (Å²) in [5, 5.41) is 17.4. The predicted molar refractivity (Wildman–Crippen MR) is 103 cm³/mol. The summed E-state index contributed by atoms with van der Waals surface area (Å²) >= 11 is 0. The van der Waals surface area contributed by atoms with Crippen LogP contribution in [0.5, 0.6) is 0 Å². The number of rotatable bonds is 4. The van der Waals surface area contributed by atoms with Crippen molar-refractivity contribution in [2.45, 2.75) is 25.9 Å². The molecule has 1 saturated heterocycles. The molecule has 28 heavy (non-hydrogen) atoms. The van der Waals surface area contributed by atoms with Crippen LogP contribution in [0.4, 0.5) is 10.2 Å². The molecular formula is C20H22FN7. The van der Waals surface area contributed by atoms with Crippen LogP contribution in [0.15, 0.2) is 36.4 Å². The van der Waals surface area contributed by atoms with Crippen LogP contribution in [0.1, 0.15) is 18.1 Å². The maximum absolute atomic E-state index is 13.1. The van der Waals surface area contributed by atoms with E-state index in [2.05, 4.69) is 34.8 Å². The van der Waals surface area contributed by atoms with E-state index in [1.54, 1.807) is 12.1 Å². The number of fused-ring (bicyclic) bond motifs is 1. The van der Waals surface area contributed by atoms with Crippen LogP contribution in [-0.4, -0.2) is 56.0 Å². The van der Waals surface area contributed by atoms with Gasteiger partial charge in [-0.1, -0.05) is 0 Å². The number of aryl methyl sites for hydroxylation is 1. The molecule has 5 rings (SSSR count). The van der Waals surface area contributed by atoms with Gasteiger partial charge in [0, 0.05) is 44.7 Å². The Balaban J connectivity index is 1.20. The van der Waals surface area contributed by atoms with Crippen molar-refractivity contribution in [3.63, 3.8) is 0 Å². The van der Waals surface area contributed by atoms with Crippen molar-refractivity contribution in [2.75, 3.05) is 31.1 Å². The molecule has 3 aromatic rings. The zero-order chi connectivity index (χ0) is 18.9. The molecular weight excluding hydrogens is 357 g/mol. The van der Waals surface area contributed by atoms with Gasteiger partial charge in [0.25, 0.3) is 0 Å². The Morgan fingerprint density at radius 2 is 1.64 bits per heavy atom. The van der Waals surface area contributed by atoms with Crippen molar-refractivity contribution in [1.29, 1.82) is 0 Å². The second kappa shape index (κ2) is 7.27. The molecule has 0 amide bonds. The quantitative estimate of drug-likeness (QED) is 0.692. The molecule has 144 valence electrons. The van der Waals surface area contributed by atoms with Gasteiger partial charge in [-0.15, -0.1) is 20.4 Å². The zero-order valence-electron chi connectivity index (χ0n) is 15.6. The van der Waals surface area contributed by atoms with Crippen molar-refractivity contribution in [3.05, 3.63) is 53.9 Å². The maximum atomic E-state index is 13.1. The van der Waals surface area contributed by atoms with Gasteiger partial charge >= 0.3 is 0 Å². The molecule has 1 fully saturated rings. The SMILES string of the molecule is Fc1ccc(-c2ccc(N3CCN(Cc4nnc5n4CCC5)CC3)nn2)cc1. The standard InChI is InChI=1S/C20H22FN7/c21-16-5-3-15(4-6-16)17-7-8-18(23-22-17)27-12-10-26(11-13-27)14-20-25-24-19-2-1-9-28(19)20/h3-8H,1-2,9-14H2. The summed E-state index contributed by atoms with van der Waals surface area (Å²) in [4.78, 5) is 4.68. The van der Waals surface area contributed by atoms with E-state index >= 15 is 0 Å². The first-order valence-corrected chi connectivity index (χ1v) is 9.74. The number of benzene rings is 1. The summed E-state index contributed by atoms with van der Waals surface area (Å²) < 4.78 is 15.3. The zero-order valence-corrected chi connectivity index (χ0v) is 15.6. The molecule has 0 saturated carbocycles. The molecule has 2 aromatic heterocycles. The van der Waals surface area contributed by atoms with E-state index in [1.165, 1.54) is 18.6 Å². The fourth-order valence-corrected chi connectivity index (χ4v) is 3.93. The second-order valence-electron chi connectivity index (χ2n) is 7.33. The summed E-state index contributed by atoms with van der Waals surface area (Å²) in [7, 11) is 0. The lowest BCUT2D eigenvalue weighted by atomic mass is 10.1. The number of nitrogens with zero attached hydrogens (tertiary/aromatic N) is 7. The Kier molecular flexibility index (Phi) is 4.48. The third-order valence-electron chi connectivity index (χ3n) is 5.54. The van der Waals surface area contributed by atoms with E-state index in [0.717, 1.165) is 74.4 Å². The molecule has 2 aliphatic heterocycles. The lowest BCUT2D eigenvalue weighted by Crippen LogP contribution is -2.46. The van der Waals surface area contributed by atoms with Crippen molar-refractivity contribution >= 4 is 5.82 Å². The molecule has 7 nitrogen and oxygen atoms in total. The molecule has 0 N–H and O–H groups in total.